The lowest BCUT2D eigenvalue weighted by Crippen LogP contribution is -2.49. The largest absolute Gasteiger partial charge is 0.383 e. The number of nitrogens with two attached hydrogens (primary N) is 2. The van der Waals surface area contributed by atoms with Crippen molar-refractivity contribution in [2.45, 2.75) is 18.4 Å². The number of hydrogen-bond acceptors (Lipinski definition) is 6. The first-order valence-electron chi connectivity index (χ1n) is 9.29. The highest BCUT2D eigenvalue weighted by Crippen LogP contribution is 2.33. The summed E-state index contributed by atoms with van der Waals surface area (Å²) in [5.74, 6) is 0.000824. The van der Waals surface area contributed by atoms with E-state index in [1.165, 1.54) is 12.5 Å². The van der Waals surface area contributed by atoms with Gasteiger partial charge >= 0.3 is 6.03 Å². The fourth-order valence-corrected chi connectivity index (χ4v) is 3.78. The van der Waals surface area contributed by atoms with Gasteiger partial charge in [-0.15, -0.1) is 0 Å². The Balaban J connectivity index is 1.78. The third kappa shape index (κ3) is 3.10. The molecule has 4 rings (SSSR count). The number of aryl methyl sites for hydroxylation is 1. The molecule has 0 fully saturated rings. The van der Waals surface area contributed by atoms with Crippen LogP contribution in [0.5, 0.6) is 0 Å². The molecular weight excluding hydrogens is 382 g/mol. The number of rotatable bonds is 4. The summed E-state index contributed by atoms with van der Waals surface area (Å²) >= 11 is 0. The molecule has 1 aliphatic rings. The number of nitrogen functional groups attached to an aromatic ring is 1. The maximum atomic E-state index is 13.3. The van der Waals surface area contributed by atoms with Gasteiger partial charge in [0.15, 0.2) is 5.78 Å². The number of ketones is 1. The second-order valence-corrected chi connectivity index (χ2v) is 7.42. The first kappa shape index (κ1) is 19.3. The van der Waals surface area contributed by atoms with E-state index in [1.54, 1.807) is 30.1 Å². The van der Waals surface area contributed by atoms with Crippen LogP contribution in [0.1, 0.15) is 28.4 Å². The summed E-state index contributed by atoms with van der Waals surface area (Å²) in [4.78, 5) is 37.3. The Morgan fingerprint density at radius 3 is 2.80 bits per heavy atom. The Kier molecular flexibility index (Phi) is 4.57. The number of amides is 2. The van der Waals surface area contributed by atoms with Gasteiger partial charge in [0.25, 0.3) is 0 Å². The molecule has 0 aromatic carbocycles. The highest BCUT2D eigenvalue weighted by Gasteiger charge is 2.35. The minimum absolute atomic E-state index is 0.241. The second kappa shape index (κ2) is 7.11. The molecule has 0 bridgehead atoms. The maximum Gasteiger partial charge on any atom is 0.312 e. The van der Waals surface area contributed by atoms with E-state index in [2.05, 4.69) is 20.3 Å². The lowest BCUT2D eigenvalue weighted by molar-refractivity contribution is 0.103. The van der Waals surface area contributed by atoms with Crippen LogP contribution < -0.4 is 16.8 Å². The number of anilines is 1. The number of allylic oxidation sites excluding steroid dienone is 2. The Bertz CT molecular complexity index is 1230. The van der Waals surface area contributed by atoms with Gasteiger partial charge < -0.3 is 21.4 Å². The predicted molar refractivity (Wildman–Crippen MR) is 113 cm³/mol. The average molecular weight is 403 g/mol. The van der Waals surface area contributed by atoms with Crippen LogP contribution in [0.2, 0.25) is 0 Å². The second-order valence-electron chi connectivity index (χ2n) is 7.42. The quantitative estimate of drug-likeness (QED) is 0.565. The highest BCUT2D eigenvalue weighted by atomic mass is 16.2. The first-order chi connectivity index (χ1) is 14.3. The van der Waals surface area contributed by atoms with Gasteiger partial charge in [-0.3, -0.25) is 9.78 Å². The molecule has 0 radical (unpaired) electrons. The van der Waals surface area contributed by atoms with E-state index in [-0.39, 0.29) is 17.6 Å². The Morgan fingerprint density at radius 2 is 2.03 bits per heavy atom. The molecule has 2 unspecified atom stereocenters. The molecule has 0 saturated carbocycles. The number of fused-ring (bicyclic) bond motifs is 1. The van der Waals surface area contributed by atoms with Gasteiger partial charge in [-0.25, -0.2) is 14.8 Å². The van der Waals surface area contributed by atoms with Crippen LogP contribution in [-0.4, -0.2) is 37.4 Å². The number of nitrogens with one attached hydrogen (secondary N) is 1. The minimum atomic E-state index is -0.631. The Labute approximate surface area is 172 Å². The van der Waals surface area contributed by atoms with Crippen LogP contribution in [0.25, 0.3) is 11.0 Å². The number of carbonyl (C=O) groups excluding carboxylic acids is 2. The van der Waals surface area contributed by atoms with Gasteiger partial charge in [-0.2, -0.15) is 0 Å². The standard InChI is InChI=1S/C21H21N7O2/c1-21(6-4-3-5-15(21)27-20(23)30)13-7-12(8-24-9-13)17(29)14-10-28(2)19-16(14)18(22)25-11-26-19/h3-11,15H,1-2H3,(H2,22,25,26)(H3,23,27,30). The van der Waals surface area contributed by atoms with Crippen molar-refractivity contribution in [1.29, 1.82) is 0 Å². The van der Waals surface area contributed by atoms with Crippen molar-refractivity contribution in [2.75, 3.05) is 5.73 Å². The lowest BCUT2D eigenvalue weighted by Gasteiger charge is -2.35. The molecule has 152 valence electrons. The zero-order valence-corrected chi connectivity index (χ0v) is 16.5. The number of hydrogen-bond donors (Lipinski definition) is 3. The molecule has 0 aliphatic heterocycles. The number of nitrogens with zero attached hydrogens (tertiary/aromatic N) is 4. The molecule has 30 heavy (non-hydrogen) atoms. The Hall–Kier alpha value is -4.01. The van der Waals surface area contributed by atoms with Crippen LogP contribution >= 0.6 is 0 Å². The summed E-state index contributed by atoms with van der Waals surface area (Å²) < 4.78 is 1.74. The third-order valence-corrected chi connectivity index (χ3v) is 5.45. The van der Waals surface area contributed by atoms with Gasteiger partial charge in [0.1, 0.15) is 17.8 Å². The molecule has 3 heterocycles. The van der Waals surface area contributed by atoms with Gasteiger partial charge in [0.05, 0.1) is 17.0 Å². The number of urea groups is 1. The molecular formula is C21H21N7O2. The fourth-order valence-electron chi connectivity index (χ4n) is 3.78. The van der Waals surface area contributed by atoms with Crippen molar-refractivity contribution in [2.24, 2.45) is 12.8 Å². The zero-order chi connectivity index (χ0) is 21.5. The highest BCUT2D eigenvalue weighted by molar-refractivity contribution is 6.17. The van der Waals surface area contributed by atoms with E-state index >= 15 is 0 Å². The van der Waals surface area contributed by atoms with Gasteiger partial charge in [-0.05, 0) is 18.6 Å². The average Bonchev–Trinajstić information content (AvgIpc) is 3.07. The molecule has 9 nitrogen and oxygen atoms in total. The lowest BCUT2D eigenvalue weighted by atomic mass is 9.73. The Morgan fingerprint density at radius 1 is 1.23 bits per heavy atom. The first-order valence-corrected chi connectivity index (χ1v) is 9.29. The number of carbonyl (C=O) groups is 2. The van der Waals surface area contributed by atoms with Crippen molar-refractivity contribution in [3.05, 3.63) is 72.0 Å². The molecule has 1 aliphatic carbocycles. The monoisotopic (exact) mass is 403 g/mol. The van der Waals surface area contributed by atoms with Crippen LogP contribution in [-0.2, 0) is 12.5 Å². The van der Waals surface area contributed by atoms with Crippen LogP contribution in [0.3, 0.4) is 0 Å². The van der Waals surface area contributed by atoms with Crippen LogP contribution in [0.4, 0.5) is 10.6 Å². The van der Waals surface area contributed by atoms with Gasteiger partial charge in [-0.1, -0.05) is 24.3 Å². The van der Waals surface area contributed by atoms with Crippen molar-refractivity contribution >= 4 is 28.7 Å². The van der Waals surface area contributed by atoms with E-state index in [9.17, 15) is 9.59 Å². The SMILES string of the molecule is Cn1cc(C(=O)c2cncc(C3(C)C=CC=CC3NC(N)=O)c2)c2c(N)ncnc21. The minimum Gasteiger partial charge on any atom is -0.383 e. The number of aromatic nitrogens is 4. The molecule has 9 heteroatoms. The summed E-state index contributed by atoms with van der Waals surface area (Å²) in [7, 11) is 1.79. The summed E-state index contributed by atoms with van der Waals surface area (Å²) in [5, 5.41) is 3.25. The number of primary amides is 1. The number of pyridine rings is 1. The topological polar surface area (TPSA) is 142 Å². The van der Waals surface area contributed by atoms with Gasteiger partial charge in [0.2, 0.25) is 0 Å². The smallest absolute Gasteiger partial charge is 0.312 e. The van der Waals surface area contributed by atoms with Crippen LogP contribution in [0, 0.1) is 0 Å². The molecule has 2 amide bonds. The van der Waals surface area contributed by atoms with E-state index in [4.69, 9.17) is 11.5 Å². The summed E-state index contributed by atoms with van der Waals surface area (Å²) in [6.45, 7) is 1.95. The van der Waals surface area contributed by atoms with E-state index in [1.807, 2.05) is 31.2 Å². The third-order valence-electron chi connectivity index (χ3n) is 5.45. The van der Waals surface area contributed by atoms with E-state index < -0.39 is 11.4 Å². The van der Waals surface area contributed by atoms with E-state index in [0.29, 0.717) is 22.2 Å². The molecule has 0 spiro atoms. The van der Waals surface area contributed by atoms with Crippen molar-refractivity contribution in [1.82, 2.24) is 24.8 Å². The zero-order valence-electron chi connectivity index (χ0n) is 16.5. The van der Waals surface area contributed by atoms with E-state index in [0.717, 1.165) is 5.56 Å². The molecule has 3 aromatic rings. The molecule has 2 atom stereocenters. The predicted octanol–water partition coefficient (Wildman–Crippen LogP) is 1.60. The maximum absolute atomic E-state index is 13.3. The van der Waals surface area contributed by atoms with Crippen molar-refractivity contribution in [3.8, 4) is 0 Å². The fraction of sp³-hybridized carbons (Fsp3) is 0.190. The van der Waals surface area contributed by atoms with Crippen molar-refractivity contribution in [3.63, 3.8) is 0 Å². The molecule has 3 aromatic heterocycles. The summed E-state index contributed by atoms with van der Waals surface area (Å²) in [6, 6.07) is 0.763. The van der Waals surface area contributed by atoms with Crippen molar-refractivity contribution < 1.29 is 9.59 Å². The van der Waals surface area contributed by atoms with Crippen LogP contribution in [0.15, 0.2) is 55.3 Å². The summed E-state index contributed by atoms with van der Waals surface area (Å²) in [5.41, 5.74) is 12.9. The molecule has 0 saturated heterocycles. The normalized spacial score (nSPS) is 20.4. The molecule has 5 N–H and O–H groups in total. The summed E-state index contributed by atoms with van der Waals surface area (Å²) in [6.07, 6.45) is 13.8. The van der Waals surface area contributed by atoms with Gasteiger partial charge in [0, 0.05) is 36.6 Å².